The molecular formula is C22H20ClN5O2. The average molecular weight is 422 g/mol. The molecule has 8 heteroatoms. The van der Waals surface area contributed by atoms with Gasteiger partial charge in [-0.3, -0.25) is 9.59 Å². The van der Waals surface area contributed by atoms with Crippen LogP contribution in [0.1, 0.15) is 16.8 Å². The number of halogens is 1. The number of carbonyl (C=O) groups excluding carboxylic acids is 2. The van der Waals surface area contributed by atoms with Crippen LogP contribution in [-0.2, 0) is 9.59 Å². The van der Waals surface area contributed by atoms with Gasteiger partial charge in [-0.2, -0.15) is 10.2 Å². The first-order valence-corrected chi connectivity index (χ1v) is 9.56. The lowest BCUT2D eigenvalue weighted by atomic mass is 10.2. The summed E-state index contributed by atoms with van der Waals surface area (Å²) in [6.45, 7) is 1.60. The third-order valence-corrected chi connectivity index (χ3v) is 4.45. The van der Waals surface area contributed by atoms with Gasteiger partial charge in [0.1, 0.15) is 5.15 Å². The van der Waals surface area contributed by atoms with Gasteiger partial charge in [0.2, 0.25) is 5.91 Å². The Bertz CT molecular complexity index is 1080. The van der Waals surface area contributed by atoms with Crippen LogP contribution in [-0.4, -0.2) is 34.4 Å². The van der Waals surface area contributed by atoms with E-state index in [0.717, 1.165) is 11.3 Å². The van der Waals surface area contributed by atoms with Gasteiger partial charge in [0.05, 0.1) is 29.7 Å². The molecule has 3 aromatic rings. The Morgan fingerprint density at radius 3 is 2.47 bits per heavy atom. The summed E-state index contributed by atoms with van der Waals surface area (Å²) >= 11 is 6.40. The topological polar surface area (TPSA) is 88.4 Å². The van der Waals surface area contributed by atoms with Crippen molar-refractivity contribution in [2.24, 2.45) is 5.10 Å². The van der Waals surface area contributed by atoms with Crippen molar-refractivity contribution < 1.29 is 9.59 Å². The second-order valence-electron chi connectivity index (χ2n) is 6.29. The van der Waals surface area contributed by atoms with E-state index in [-0.39, 0.29) is 12.5 Å². The highest BCUT2D eigenvalue weighted by Crippen LogP contribution is 2.21. The fourth-order valence-corrected chi connectivity index (χ4v) is 2.89. The van der Waals surface area contributed by atoms with E-state index in [1.807, 2.05) is 60.7 Å². The summed E-state index contributed by atoms with van der Waals surface area (Å²) < 4.78 is 1.60. The van der Waals surface area contributed by atoms with E-state index in [2.05, 4.69) is 20.9 Å². The Morgan fingerprint density at radius 2 is 1.77 bits per heavy atom. The van der Waals surface area contributed by atoms with Crippen molar-refractivity contribution in [2.75, 3.05) is 6.54 Å². The maximum absolute atomic E-state index is 11.9. The van der Waals surface area contributed by atoms with E-state index in [9.17, 15) is 9.59 Å². The van der Waals surface area contributed by atoms with Crippen LogP contribution in [0.15, 0.2) is 71.8 Å². The minimum Gasteiger partial charge on any atom is -0.343 e. The number of benzene rings is 2. The van der Waals surface area contributed by atoms with Crippen molar-refractivity contribution in [1.29, 1.82) is 0 Å². The van der Waals surface area contributed by atoms with Gasteiger partial charge in [-0.15, -0.1) is 0 Å². The van der Waals surface area contributed by atoms with Gasteiger partial charge in [-0.25, -0.2) is 10.1 Å². The molecule has 30 heavy (non-hydrogen) atoms. The summed E-state index contributed by atoms with van der Waals surface area (Å²) in [5.41, 5.74) is 5.33. The molecular weight excluding hydrogens is 402 g/mol. The molecule has 0 aliphatic rings. The largest absolute Gasteiger partial charge is 0.343 e. The van der Waals surface area contributed by atoms with E-state index in [1.54, 1.807) is 17.7 Å². The zero-order valence-corrected chi connectivity index (χ0v) is 17.0. The lowest BCUT2D eigenvalue weighted by Gasteiger charge is -2.02. The maximum atomic E-state index is 11.9. The van der Waals surface area contributed by atoms with Crippen LogP contribution in [0.4, 0.5) is 0 Å². The number of nitrogens with zero attached hydrogens (tertiary/aromatic N) is 3. The molecule has 3 rings (SSSR count). The first-order valence-electron chi connectivity index (χ1n) is 9.18. The number of para-hydroxylation sites is 1. The molecule has 0 unspecified atom stereocenters. The lowest BCUT2D eigenvalue weighted by Crippen LogP contribution is -2.34. The smallest absolute Gasteiger partial charge is 0.259 e. The highest BCUT2D eigenvalue weighted by molar-refractivity contribution is 6.32. The summed E-state index contributed by atoms with van der Waals surface area (Å²) in [4.78, 5) is 23.7. The Kier molecular flexibility index (Phi) is 7.13. The second kappa shape index (κ2) is 10.2. The van der Waals surface area contributed by atoms with E-state index >= 15 is 0 Å². The normalized spacial score (nSPS) is 11.1. The first-order chi connectivity index (χ1) is 14.5. The number of aromatic nitrogens is 2. The van der Waals surface area contributed by atoms with Crippen LogP contribution >= 0.6 is 11.6 Å². The van der Waals surface area contributed by atoms with Crippen LogP contribution in [0.25, 0.3) is 11.8 Å². The van der Waals surface area contributed by atoms with E-state index in [1.165, 1.54) is 12.3 Å². The number of nitrogens with one attached hydrogen (secondary N) is 2. The zero-order valence-electron chi connectivity index (χ0n) is 16.2. The maximum Gasteiger partial charge on any atom is 0.259 e. The van der Waals surface area contributed by atoms with Gasteiger partial charge in [-0.1, -0.05) is 60.1 Å². The average Bonchev–Trinajstić information content (AvgIpc) is 3.06. The molecule has 0 aliphatic heterocycles. The van der Waals surface area contributed by atoms with Crippen LogP contribution in [0, 0.1) is 6.92 Å². The Labute approximate surface area is 179 Å². The van der Waals surface area contributed by atoms with Crippen molar-refractivity contribution in [3.05, 3.63) is 88.7 Å². The SMILES string of the molecule is Cc1nn(-c2ccccc2)c(Cl)c1/C=N/NC(=O)CNC(=O)/C=C/c1ccccc1. The number of rotatable bonds is 7. The lowest BCUT2D eigenvalue weighted by molar-refractivity contribution is -0.123. The highest BCUT2D eigenvalue weighted by Gasteiger charge is 2.13. The minimum absolute atomic E-state index is 0.203. The molecule has 152 valence electrons. The molecule has 1 heterocycles. The number of hydrogen-bond acceptors (Lipinski definition) is 4. The van der Waals surface area contributed by atoms with Crippen LogP contribution in [0.2, 0.25) is 5.15 Å². The molecule has 0 saturated heterocycles. The molecule has 7 nitrogen and oxygen atoms in total. The van der Waals surface area contributed by atoms with Crippen molar-refractivity contribution in [3.63, 3.8) is 0 Å². The third kappa shape index (κ3) is 5.65. The zero-order chi connectivity index (χ0) is 21.3. The molecule has 0 bridgehead atoms. The molecule has 2 N–H and O–H groups in total. The van der Waals surface area contributed by atoms with E-state index in [0.29, 0.717) is 16.4 Å². The number of hydrazone groups is 1. The number of aryl methyl sites for hydroxylation is 1. The van der Waals surface area contributed by atoms with Gasteiger partial charge in [0.25, 0.3) is 5.91 Å². The molecule has 0 atom stereocenters. The third-order valence-electron chi connectivity index (χ3n) is 4.08. The van der Waals surface area contributed by atoms with E-state index < -0.39 is 5.91 Å². The van der Waals surface area contributed by atoms with Crippen molar-refractivity contribution in [3.8, 4) is 5.69 Å². The van der Waals surface area contributed by atoms with Crippen molar-refractivity contribution in [2.45, 2.75) is 6.92 Å². The molecule has 0 saturated carbocycles. The molecule has 0 fully saturated rings. The fourth-order valence-electron chi connectivity index (χ4n) is 2.57. The van der Waals surface area contributed by atoms with Crippen molar-refractivity contribution >= 4 is 35.7 Å². The predicted octanol–water partition coefficient (Wildman–Crippen LogP) is 3.11. The van der Waals surface area contributed by atoms with E-state index in [4.69, 9.17) is 11.6 Å². The summed E-state index contributed by atoms with van der Waals surface area (Å²) in [6.07, 6.45) is 4.46. The minimum atomic E-state index is -0.461. The molecule has 0 spiro atoms. The Morgan fingerprint density at radius 1 is 1.10 bits per heavy atom. The summed E-state index contributed by atoms with van der Waals surface area (Å²) in [6, 6.07) is 18.8. The second-order valence-corrected chi connectivity index (χ2v) is 6.65. The van der Waals surface area contributed by atoms with Gasteiger partial charge in [0.15, 0.2) is 0 Å². The summed E-state index contributed by atoms with van der Waals surface area (Å²) in [7, 11) is 0. The van der Waals surface area contributed by atoms with Crippen LogP contribution in [0.5, 0.6) is 0 Å². The molecule has 2 amide bonds. The fraction of sp³-hybridized carbons (Fsp3) is 0.0909. The first kappa shape index (κ1) is 21.0. The van der Waals surface area contributed by atoms with Gasteiger partial charge in [0, 0.05) is 6.08 Å². The van der Waals surface area contributed by atoms with Gasteiger partial charge in [-0.05, 0) is 30.7 Å². The van der Waals surface area contributed by atoms with Crippen LogP contribution < -0.4 is 10.7 Å². The van der Waals surface area contributed by atoms with Gasteiger partial charge < -0.3 is 5.32 Å². The Hall–Kier alpha value is -3.71. The van der Waals surface area contributed by atoms with Gasteiger partial charge >= 0.3 is 0 Å². The Balaban J connectivity index is 1.52. The van der Waals surface area contributed by atoms with Crippen LogP contribution in [0.3, 0.4) is 0 Å². The predicted molar refractivity (Wildman–Crippen MR) is 118 cm³/mol. The quantitative estimate of drug-likeness (QED) is 0.349. The monoisotopic (exact) mass is 421 g/mol. The van der Waals surface area contributed by atoms with Crippen molar-refractivity contribution in [1.82, 2.24) is 20.5 Å². The summed E-state index contributed by atoms with van der Waals surface area (Å²) in [5, 5.41) is 11.2. The standard InChI is InChI=1S/C22H20ClN5O2/c1-16-19(22(23)28(27-16)18-10-6-3-7-11-18)14-25-26-21(30)15-24-20(29)13-12-17-8-4-2-5-9-17/h2-14H,15H2,1H3,(H,24,29)(H,26,30)/b13-12+,25-14+. The molecule has 1 aromatic heterocycles. The molecule has 0 radical (unpaired) electrons. The number of hydrogen-bond donors (Lipinski definition) is 2. The number of carbonyl (C=O) groups is 2. The number of amides is 2. The highest BCUT2D eigenvalue weighted by atomic mass is 35.5. The molecule has 2 aromatic carbocycles. The summed E-state index contributed by atoms with van der Waals surface area (Å²) in [5.74, 6) is -0.835. The molecule has 0 aliphatic carbocycles.